The van der Waals surface area contributed by atoms with Gasteiger partial charge in [-0.15, -0.1) is 0 Å². The number of ether oxygens (including phenoxy) is 3. The maximum absolute atomic E-state index is 14.8. The Kier molecular flexibility index (Phi) is 18.3. The van der Waals surface area contributed by atoms with Crippen molar-refractivity contribution in [3.05, 3.63) is 105 Å². The second-order valence-corrected chi connectivity index (χ2v) is 18.5. The zero-order valence-electron chi connectivity index (χ0n) is 40.8. The van der Waals surface area contributed by atoms with Crippen molar-refractivity contribution in [1.29, 1.82) is 0 Å². The van der Waals surface area contributed by atoms with E-state index in [2.05, 4.69) is 9.48 Å². The molecule has 1 unspecified atom stereocenters. The van der Waals surface area contributed by atoms with Gasteiger partial charge in [0, 0.05) is 84.0 Å². The summed E-state index contributed by atoms with van der Waals surface area (Å²) in [6.07, 6.45) is -18.7. The van der Waals surface area contributed by atoms with Crippen LogP contribution in [0.25, 0.3) is 33.4 Å². The highest BCUT2D eigenvalue weighted by molar-refractivity contribution is 8.14. The summed E-state index contributed by atoms with van der Waals surface area (Å²) in [7, 11) is 0. The quantitative estimate of drug-likeness (QED) is 0.0248. The van der Waals surface area contributed by atoms with Crippen molar-refractivity contribution in [3.63, 3.8) is 0 Å². The third-order valence-corrected chi connectivity index (χ3v) is 13.9. The summed E-state index contributed by atoms with van der Waals surface area (Å²) in [6.45, 7) is 7.77. The summed E-state index contributed by atoms with van der Waals surface area (Å²) in [4.78, 5) is 43.0. The predicted molar refractivity (Wildman–Crippen MR) is 253 cm³/mol. The lowest BCUT2D eigenvalue weighted by molar-refractivity contribution is -0.440. The highest BCUT2D eigenvalue weighted by Crippen LogP contribution is 2.61. The molecule has 5 atom stereocenters. The first-order valence-corrected chi connectivity index (χ1v) is 24.6. The summed E-state index contributed by atoms with van der Waals surface area (Å²) in [5, 5.41) is 21.7. The molecule has 1 aromatic heterocycles. The molecule has 3 aromatic rings. The van der Waals surface area contributed by atoms with Gasteiger partial charge in [-0.1, -0.05) is 30.0 Å². The number of carbonyl (C=O) groups excluding carboxylic acids is 1. The first-order chi connectivity index (χ1) is 35.5. The fourth-order valence-corrected chi connectivity index (χ4v) is 9.48. The molecule has 27 heteroatoms. The lowest BCUT2D eigenvalue weighted by atomic mass is 9.91. The van der Waals surface area contributed by atoms with Crippen LogP contribution in [0.5, 0.6) is 0 Å². The monoisotopic (exact) mass is 1120 g/mol. The molecule has 2 aromatic carbocycles. The molecule has 3 aliphatic rings. The number of benzene rings is 3. The number of hydrogen-bond acceptors (Lipinski definition) is 11. The van der Waals surface area contributed by atoms with Crippen LogP contribution in [-0.2, 0) is 14.2 Å². The Hall–Kier alpha value is -5.48. The number of anilines is 1. The van der Waals surface area contributed by atoms with Gasteiger partial charge < -0.3 is 33.7 Å². The number of fused-ring (bicyclic) bond motifs is 2. The Bertz CT molecular complexity index is 2990. The molecule has 3 heterocycles. The van der Waals surface area contributed by atoms with Crippen LogP contribution in [0.1, 0.15) is 57.1 Å². The van der Waals surface area contributed by atoms with Crippen LogP contribution >= 0.6 is 11.8 Å². The standard InChI is InChI=1S/C49H51F13N4O9S/c1-5-64(6-2)27-14-16-32-34(22-27)74-35-23-28(65(7-3)8-4)15-17-33(35)38(32)30-12-9-10-13-31(30)42(70)76-26-29(25-73-40-39(69)36(24-67)75-41(40)66-20-18-37(68)63-43(66)71)72-21-11-19-44(50,51)45(52,53)46(54,55)47(56,57)48(58,59)49(60,61)62/h9-10,12-18,20,22-23,29,36,39-41,67,69H,5-8,11,19,21,24-26H2,1-4H3/p+1/t29?,36-,39+,40+,41-/m1/s1. The Morgan fingerprint density at radius 2 is 1.50 bits per heavy atom. The van der Waals surface area contributed by atoms with E-state index >= 15 is 0 Å². The summed E-state index contributed by atoms with van der Waals surface area (Å²) in [5.74, 6) is -37.9. The van der Waals surface area contributed by atoms with E-state index in [1.807, 2.05) is 69.1 Å². The maximum atomic E-state index is 14.8. The molecule has 13 nitrogen and oxygen atoms in total. The van der Waals surface area contributed by atoms with E-state index in [-0.39, 0.29) is 5.56 Å². The fraction of sp³-hybridized carbons (Fsp3) is 0.510. The molecule has 0 bridgehead atoms. The normalized spacial score (nSPS) is 18.4. The van der Waals surface area contributed by atoms with Gasteiger partial charge in [-0.2, -0.15) is 57.1 Å². The van der Waals surface area contributed by atoms with Crippen LogP contribution in [0.2, 0.25) is 0 Å². The minimum absolute atomic E-state index is 0.0974. The van der Waals surface area contributed by atoms with Crippen molar-refractivity contribution in [2.24, 2.45) is 0 Å². The van der Waals surface area contributed by atoms with Crippen LogP contribution in [0.3, 0.4) is 0 Å². The van der Waals surface area contributed by atoms with Crippen molar-refractivity contribution in [2.75, 3.05) is 56.7 Å². The van der Waals surface area contributed by atoms with Crippen LogP contribution in [0.4, 0.5) is 62.8 Å². The molecular formula is C49H52F13N4O9S+. The summed E-state index contributed by atoms with van der Waals surface area (Å²) in [5.41, 5.74) is 1.08. The van der Waals surface area contributed by atoms with E-state index in [0.717, 1.165) is 27.9 Å². The van der Waals surface area contributed by atoms with Gasteiger partial charge in [0.15, 0.2) is 6.23 Å². The largest absolute Gasteiger partial charge is 0.460 e. The van der Waals surface area contributed by atoms with Crippen molar-refractivity contribution in [1.82, 2.24) is 14.1 Å². The number of halogens is 13. The molecule has 1 fully saturated rings. The molecule has 1 aliphatic carbocycles. The van der Waals surface area contributed by atoms with E-state index < -0.39 is 121 Å². The Labute approximate surface area is 428 Å². The number of H-pyrrole nitrogens is 1. The third-order valence-electron chi connectivity index (χ3n) is 12.8. The SMILES string of the molecule is CCN(CC)c1ccc2c(-c3ccccc3C(=O)SCC(CO[C@H]3[C@@H](O)[C@@H](CO)O[C@H]3n3ccc(=O)[nH]c3=O)OCCCC(F)(F)C(F)(F)C(F)(F)C(F)(F)C(F)(F)C(F)(F)F)c3ccc(=[N+](CC)CC)cc-3oc2c1. The van der Waals surface area contributed by atoms with Crippen LogP contribution in [0, 0.1) is 0 Å². The predicted octanol–water partition coefficient (Wildman–Crippen LogP) is 8.83. The molecule has 2 aliphatic heterocycles. The average molecular weight is 1120 g/mol. The van der Waals surface area contributed by atoms with E-state index in [1.54, 1.807) is 18.2 Å². The highest BCUT2D eigenvalue weighted by Gasteiger charge is 2.90. The number of aromatic nitrogens is 2. The Morgan fingerprint density at radius 1 is 0.842 bits per heavy atom. The van der Waals surface area contributed by atoms with Crippen molar-refractivity contribution in [3.8, 4) is 22.5 Å². The average Bonchev–Trinajstić information content (AvgIpc) is 3.72. The summed E-state index contributed by atoms with van der Waals surface area (Å²) < 4.78 is 206. The van der Waals surface area contributed by atoms with Gasteiger partial charge in [0.25, 0.3) is 5.56 Å². The van der Waals surface area contributed by atoms with Crippen LogP contribution in [-0.4, -0.2) is 137 Å². The second kappa shape index (κ2) is 23.2. The van der Waals surface area contributed by atoms with E-state index in [9.17, 15) is 81.7 Å². The number of carbonyl (C=O) groups is 1. The molecule has 0 spiro atoms. The van der Waals surface area contributed by atoms with Crippen LogP contribution in [0.15, 0.2) is 86.9 Å². The summed E-state index contributed by atoms with van der Waals surface area (Å²) >= 11 is 0.527. The molecule has 0 radical (unpaired) electrons. The number of aliphatic hydroxyl groups is 2. The van der Waals surface area contributed by atoms with Gasteiger partial charge in [0.05, 0.1) is 25.4 Å². The molecule has 6 rings (SSSR count). The molecule has 0 saturated carbocycles. The van der Waals surface area contributed by atoms with Crippen molar-refractivity contribution in [2.45, 2.75) is 107 Å². The van der Waals surface area contributed by atoms with Gasteiger partial charge in [-0.3, -0.25) is 19.1 Å². The lowest BCUT2D eigenvalue weighted by Crippen LogP contribution is -2.70. The highest BCUT2D eigenvalue weighted by atomic mass is 32.2. The lowest BCUT2D eigenvalue weighted by Gasteiger charge is -2.39. The molecule has 0 amide bonds. The second-order valence-electron chi connectivity index (χ2n) is 17.5. The van der Waals surface area contributed by atoms with Gasteiger partial charge in [0.1, 0.15) is 42.7 Å². The number of nitrogens with zero attached hydrogens (tertiary/aromatic N) is 3. The first-order valence-electron chi connectivity index (χ1n) is 23.6. The molecule has 3 N–H and O–H groups in total. The number of rotatable bonds is 23. The Morgan fingerprint density at radius 3 is 2.12 bits per heavy atom. The molecular weight excluding hydrogens is 1070 g/mol. The zero-order valence-corrected chi connectivity index (χ0v) is 41.6. The smallest absolute Gasteiger partial charge is 0.456 e. The van der Waals surface area contributed by atoms with Crippen LogP contribution < -0.4 is 26.1 Å². The van der Waals surface area contributed by atoms with Gasteiger partial charge in [-0.05, 0) is 63.9 Å². The zero-order chi connectivity index (χ0) is 56.3. The first kappa shape index (κ1) is 59.8. The van der Waals surface area contributed by atoms with E-state index in [4.69, 9.17) is 18.6 Å². The number of hydrogen-bond donors (Lipinski definition) is 3. The molecule has 418 valence electrons. The molecule has 1 saturated heterocycles. The van der Waals surface area contributed by atoms with Gasteiger partial charge in [-0.25, -0.2) is 9.37 Å². The summed E-state index contributed by atoms with van der Waals surface area (Å²) in [6, 6.07) is 18.5. The van der Waals surface area contributed by atoms with E-state index in [1.165, 1.54) is 6.07 Å². The fourth-order valence-electron chi connectivity index (χ4n) is 8.62. The van der Waals surface area contributed by atoms with Gasteiger partial charge >= 0.3 is 41.5 Å². The maximum Gasteiger partial charge on any atom is 0.460 e. The van der Waals surface area contributed by atoms with Gasteiger partial charge in [0.2, 0.25) is 10.5 Å². The number of aliphatic hydroxyl groups excluding tert-OH is 2. The Balaban J connectivity index is 1.33. The molecule has 76 heavy (non-hydrogen) atoms. The third kappa shape index (κ3) is 11.4. The van der Waals surface area contributed by atoms with Crippen molar-refractivity contribution >= 4 is 33.5 Å². The number of nitrogens with one attached hydrogen (secondary N) is 1. The minimum Gasteiger partial charge on any atom is -0.456 e. The van der Waals surface area contributed by atoms with Crippen molar-refractivity contribution < 1.29 is 90.7 Å². The number of alkyl halides is 13. The van der Waals surface area contributed by atoms with E-state index in [0.29, 0.717) is 71.4 Å². The number of thioether (sulfide) groups is 1. The number of aromatic amines is 1. The minimum atomic E-state index is -8.08. The topological polar surface area (TPSA) is 159 Å².